The summed E-state index contributed by atoms with van der Waals surface area (Å²) in [6, 6.07) is -1.97. The van der Waals surface area contributed by atoms with Crippen molar-refractivity contribution in [1.82, 2.24) is 10.2 Å². The number of hydrogen-bond donors (Lipinski definition) is 3. The number of amides is 2. The first-order valence-electron chi connectivity index (χ1n) is 4.26. The van der Waals surface area contributed by atoms with Gasteiger partial charge in [0.15, 0.2) is 6.04 Å². The van der Waals surface area contributed by atoms with E-state index in [4.69, 9.17) is 16.6 Å². The van der Waals surface area contributed by atoms with Crippen molar-refractivity contribution in [1.29, 1.82) is 0 Å². The topological polar surface area (TPSA) is 89.9 Å². The minimum Gasteiger partial charge on any atom is -0.480 e. The van der Waals surface area contributed by atoms with Gasteiger partial charge in [-0.05, 0) is 6.92 Å². The molecule has 6 heteroatoms. The molecular formula is C9H14N2O4. The molecule has 0 aromatic carbocycles. The number of hydrogen-bond acceptors (Lipinski definition) is 3. The Bertz CT molecular complexity index is 282. The molecule has 2 atom stereocenters. The molecule has 0 fully saturated rings. The van der Waals surface area contributed by atoms with Gasteiger partial charge in [-0.2, -0.15) is 0 Å². The van der Waals surface area contributed by atoms with Gasteiger partial charge in [0.05, 0.1) is 12.6 Å². The smallest absolute Gasteiger partial charge is 0.328 e. The van der Waals surface area contributed by atoms with Gasteiger partial charge in [-0.1, -0.05) is 5.92 Å². The van der Waals surface area contributed by atoms with E-state index in [1.54, 1.807) is 0 Å². The summed E-state index contributed by atoms with van der Waals surface area (Å²) in [6.07, 6.45) is 3.80. The minimum atomic E-state index is -1.34. The number of carboxylic acids is 1. The lowest BCUT2D eigenvalue weighted by Gasteiger charge is -2.21. The molecule has 0 unspecified atom stereocenters. The monoisotopic (exact) mass is 214 g/mol. The zero-order chi connectivity index (χ0) is 12.0. The lowest BCUT2D eigenvalue weighted by molar-refractivity contribution is -0.141. The number of aliphatic hydroxyl groups excluding tert-OH is 1. The fraction of sp³-hybridized carbons (Fsp3) is 0.556. The molecule has 0 aromatic rings. The van der Waals surface area contributed by atoms with Gasteiger partial charge in [-0.15, -0.1) is 6.42 Å². The van der Waals surface area contributed by atoms with E-state index in [9.17, 15) is 9.59 Å². The number of aliphatic carboxylic acids is 1. The molecule has 0 aliphatic carbocycles. The van der Waals surface area contributed by atoms with Gasteiger partial charge in [0.2, 0.25) is 0 Å². The molecule has 0 bridgehead atoms. The Balaban J connectivity index is 4.37. The molecule has 3 N–H and O–H groups in total. The second-order valence-electron chi connectivity index (χ2n) is 3.07. The van der Waals surface area contributed by atoms with E-state index in [0.29, 0.717) is 0 Å². The van der Waals surface area contributed by atoms with Gasteiger partial charge >= 0.3 is 12.0 Å². The van der Waals surface area contributed by atoms with Crippen molar-refractivity contribution >= 4 is 12.0 Å². The number of aliphatic hydroxyl groups is 1. The Labute approximate surface area is 87.9 Å². The first-order chi connectivity index (χ1) is 6.90. The number of carboxylic acid groups (broad SMARTS) is 1. The van der Waals surface area contributed by atoms with Crippen LogP contribution in [0, 0.1) is 12.3 Å². The highest BCUT2D eigenvalue weighted by molar-refractivity contribution is 5.83. The van der Waals surface area contributed by atoms with E-state index >= 15 is 0 Å². The summed E-state index contributed by atoms with van der Waals surface area (Å²) in [4.78, 5) is 23.1. The Morgan fingerprint density at radius 1 is 1.60 bits per heavy atom. The molecule has 0 aromatic heterocycles. The second-order valence-corrected chi connectivity index (χ2v) is 3.07. The molecule has 15 heavy (non-hydrogen) atoms. The fourth-order valence-electron chi connectivity index (χ4n) is 0.841. The van der Waals surface area contributed by atoms with Crippen LogP contribution in [0.25, 0.3) is 0 Å². The van der Waals surface area contributed by atoms with Crippen molar-refractivity contribution in [2.45, 2.75) is 19.1 Å². The lowest BCUT2D eigenvalue weighted by atomic mass is 10.2. The predicted octanol–water partition coefficient (Wildman–Crippen LogP) is -0.905. The fourth-order valence-corrected chi connectivity index (χ4v) is 0.841. The molecular weight excluding hydrogens is 200 g/mol. The van der Waals surface area contributed by atoms with Crippen molar-refractivity contribution in [3.63, 3.8) is 0 Å². The summed E-state index contributed by atoms with van der Waals surface area (Å²) < 4.78 is 0. The van der Waals surface area contributed by atoms with E-state index in [-0.39, 0.29) is 6.54 Å². The normalized spacial score (nSPS) is 13.5. The van der Waals surface area contributed by atoms with Gasteiger partial charge < -0.3 is 20.4 Å². The SMILES string of the molecule is C#CCN(C)C(=O)N[C@H](C(=O)O)[C@@H](C)O. The van der Waals surface area contributed by atoms with Crippen LogP contribution in [-0.2, 0) is 4.79 Å². The van der Waals surface area contributed by atoms with Crippen LogP contribution < -0.4 is 5.32 Å². The standard InChI is InChI=1S/C9H14N2O4/c1-4-5-11(3)9(15)10-7(6(2)12)8(13)14/h1,6-7,12H,5H2,2-3H3,(H,10,15)(H,13,14)/t6-,7+/m1/s1. The first-order valence-corrected chi connectivity index (χ1v) is 4.26. The molecule has 0 rings (SSSR count). The average Bonchev–Trinajstić information content (AvgIpc) is 2.12. The van der Waals surface area contributed by atoms with Gasteiger partial charge in [-0.3, -0.25) is 0 Å². The van der Waals surface area contributed by atoms with Crippen LogP contribution in [0.4, 0.5) is 4.79 Å². The Hall–Kier alpha value is -1.74. The maximum atomic E-state index is 11.3. The molecule has 0 saturated carbocycles. The van der Waals surface area contributed by atoms with Gasteiger partial charge in [-0.25, -0.2) is 9.59 Å². The van der Waals surface area contributed by atoms with E-state index in [2.05, 4.69) is 11.2 Å². The van der Waals surface area contributed by atoms with Crippen molar-refractivity contribution in [3.05, 3.63) is 0 Å². The van der Waals surface area contributed by atoms with Crippen LogP contribution in [0.3, 0.4) is 0 Å². The largest absolute Gasteiger partial charge is 0.480 e. The molecule has 0 spiro atoms. The highest BCUT2D eigenvalue weighted by atomic mass is 16.4. The molecule has 6 nitrogen and oxygen atoms in total. The number of carbonyl (C=O) groups is 2. The minimum absolute atomic E-state index is 0.0674. The Morgan fingerprint density at radius 3 is 2.47 bits per heavy atom. The highest BCUT2D eigenvalue weighted by Crippen LogP contribution is 1.95. The molecule has 0 heterocycles. The van der Waals surface area contributed by atoms with Gasteiger partial charge in [0, 0.05) is 7.05 Å². The lowest BCUT2D eigenvalue weighted by Crippen LogP contribution is -2.51. The van der Waals surface area contributed by atoms with Crippen LogP contribution >= 0.6 is 0 Å². The highest BCUT2D eigenvalue weighted by Gasteiger charge is 2.25. The number of terminal acetylenes is 1. The third-order valence-electron chi connectivity index (χ3n) is 1.70. The second kappa shape index (κ2) is 5.88. The number of carbonyl (C=O) groups excluding carboxylic acids is 1. The molecule has 84 valence electrons. The molecule has 0 radical (unpaired) electrons. The zero-order valence-corrected chi connectivity index (χ0v) is 8.60. The Kier molecular flexibility index (Phi) is 5.20. The van der Waals surface area contributed by atoms with Crippen LogP contribution in [0.2, 0.25) is 0 Å². The van der Waals surface area contributed by atoms with Crippen molar-refractivity contribution in [3.8, 4) is 12.3 Å². The summed E-state index contributed by atoms with van der Waals surface area (Å²) >= 11 is 0. The van der Waals surface area contributed by atoms with E-state index in [1.807, 2.05) is 0 Å². The molecule has 0 aliphatic heterocycles. The van der Waals surface area contributed by atoms with E-state index < -0.39 is 24.1 Å². The predicted molar refractivity (Wildman–Crippen MR) is 53.1 cm³/mol. The summed E-state index contributed by atoms with van der Waals surface area (Å²) in [6.45, 7) is 1.35. The summed E-state index contributed by atoms with van der Waals surface area (Å²) in [5, 5.41) is 19.9. The first kappa shape index (κ1) is 13.3. The maximum absolute atomic E-state index is 11.3. The van der Waals surface area contributed by atoms with Crippen LogP contribution in [0.15, 0.2) is 0 Å². The summed E-state index contributed by atoms with van der Waals surface area (Å²) in [5.74, 6) is 0.937. The number of nitrogens with zero attached hydrogens (tertiary/aromatic N) is 1. The van der Waals surface area contributed by atoms with Crippen molar-refractivity contribution in [2.75, 3.05) is 13.6 Å². The van der Waals surface area contributed by atoms with E-state index in [0.717, 1.165) is 4.90 Å². The van der Waals surface area contributed by atoms with Crippen molar-refractivity contribution in [2.24, 2.45) is 0 Å². The third-order valence-corrected chi connectivity index (χ3v) is 1.70. The molecule has 0 aliphatic rings. The van der Waals surface area contributed by atoms with Gasteiger partial charge in [0.1, 0.15) is 0 Å². The van der Waals surface area contributed by atoms with E-state index in [1.165, 1.54) is 14.0 Å². The number of rotatable bonds is 4. The third kappa shape index (κ3) is 4.33. The van der Waals surface area contributed by atoms with Gasteiger partial charge in [0.25, 0.3) is 0 Å². The zero-order valence-electron chi connectivity index (χ0n) is 8.60. The number of urea groups is 1. The number of nitrogens with one attached hydrogen (secondary N) is 1. The summed E-state index contributed by atoms with van der Waals surface area (Å²) in [5.41, 5.74) is 0. The van der Waals surface area contributed by atoms with Crippen molar-refractivity contribution < 1.29 is 19.8 Å². The summed E-state index contributed by atoms with van der Waals surface area (Å²) in [7, 11) is 1.43. The molecule has 0 saturated heterocycles. The average molecular weight is 214 g/mol. The van der Waals surface area contributed by atoms with Crippen LogP contribution in [0.1, 0.15) is 6.92 Å². The molecule has 2 amide bonds. The van der Waals surface area contributed by atoms with Crippen LogP contribution in [0.5, 0.6) is 0 Å². The maximum Gasteiger partial charge on any atom is 0.328 e. The quantitative estimate of drug-likeness (QED) is 0.529. The Morgan fingerprint density at radius 2 is 2.13 bits per heavy atom. The van der Waals surface area contributed by atoms with Crippen LogP contribution in [-0.4, -0.2) is 52.9 Å².